The predicted molar refractivity (Wildman–Crippen MR) is 82.6 cm³/mol. The number of nitrogens with zero attached hydrogens (tertiary/aromatic N) is 1. The van der Waals surface area contributed by atoms with E-state index in [1.165, 1.54) is 11.3 Å². The average molecular weight is 317 g/mol. The van der Waals surface area contributed by atoms with E-state index in [1.54, 1.807) is 0 Å². The summed E-state index contributed by atoms with van der Waals surface area (Å²) in [6, 6.07) is 7.49. The highest BCUT2D eigenvalue weighted by molar-refractivity contribution is 7.17. The number of aldehydes is 1. The Morgan fingerprint density at radius 1 is 1.26 bits per heavy atom. The fraction of sp³-hybridized carbons (Fsp3) is 0.231. The van der Waals surface area contributed by atoms with Crippen molar-refractivity contribution in [2.24, 2.45) is 0 Å². The maximum atomic E-state index is 10.6. The summed E-state index contributed by atoms with van der Waals surface area (Å²) in [6.45, 7) is 4.61. The van der Waals surface area contributed by atoms with Crippen molar-refractivity contribution in [2.45, 2.75) is 20.4 Å². The molecule has 2 aromatic rings. The van der Waals surface area contributed by atoms with E-state index in [0.717, 1.165) is 5.56 Å². The second-order valence-electron chi connectivity index (χ2n) is 3.27. The minimum Gasteiger partial charge on any atom is -0.357 e. The molecule has 3 nitrogen and oxygen atoms in total. The molecule has 19 heavy (non-hydrogen) atoms. The first-order valence-corrected chi connectivity index (χ1v) is 7.36. The quantitative estimate of drug-likeness (QED) is 0.815. The number of nitrogens with one attached hydrogen (secondary N) is 1. The average Bonchev–Trinajstić information content (AvgIpc) is 2.81. The van der Waals surface area contributed by atoms with Crippen LogP contribution in [0.4, 0.5) is 5.13 Å². The summed E-state index contributed by atoms with van der Waals surface area (Å²) in [5.74, 6) is 0. The highest BCUT2D eigenvalue weighted by atomic mass is 35.5. The van der Waals surface area contributed by atoms with Crippen molar-refractivity contribution < 1.29 is 4.79 Å². The lowest BCUT2D eigenvalue weighted by atomic mass is 10.2. The fourth-order valence-electron chi connectivity index (χ4n) is 1.24. The number of rotatable bonds is 4. The fourth-order valence-corrected chi connectivity index (χ4v) is 2.33. The van der Waals surface area contributed by atoms with Gasteiger partial charge in [-0.2, -0.15) is 0 Å². The summed E-state index contributed by atoms with van der Waals surface area (Å²) in [4.78, 5) is 15.1. The van der Waals surface area contributed by atoms with Crippen LogP contribution in [0.5, 0.6) is 0 Å². The molecule has 0 saturated heterocycles. The molecule has 1 aromatic heterocycles. The zero-order chi connectivity index (χ0) is 14.3. The summed E-state index contributed by atoms with van der Waals surface area (Å²) in [5.41, 5.74) is 1.08. The topological polar surface area (TPSA) is 42.0 Å². The van der Waals surface area contributed by atoms with Crippen LogP contribution in [-0.4, -0.2) is 11.3 Å². The zero-order valence-corrected chi connectivity index (χ0v) is 12.9. The van der Waals surface area contributed by atoms with Crippen molar-refractivity contribution in [3.05, 3.63) is 44.9 Å². The van der Waals surface area contributed by atoms with Crippen molar-refractivity contribution in [3.63, 3.8) is 0 Å². The number of hydrogen-bond donors (Lipinski definition) is 1. The largest absolute Gasteiger partial charge is 0.357 e. The molecule has 0 amide bonds. The second kappa shape index (κ2) is 8.15. The molecule has 0 saturated carbocycles. The number of aromatic nitrogens is 1. The van der Waals surface area contributed by atoms with Gasteiger partial charge in [-0.15, -0.1) is 0 Å². The molecule has 6 heteroatoms. The first-order chi connectivity index (χ1) is 9.19. The molecule has 0 aliphatic heterocycles. The Hall–Kier alpha value is -1.10. The maximum Gasteiger partial charge on any atom is 0.185 e. The number of benzene rings is 1. The molecule has 0 fully saturated rings. The highest BCUT2D eigenvalue weighted by Gasteiger charge is 2.07. The molecule has 0 radical (unpaired) electrons. The van der Waals surface area contributed by atoms with E-state index in [0.29, 0.717) is 27.9 Å². The Bertz CT molecular complexity index is 526. The third kappa shape index (κ3) is 4.82. The molecule has 1 N–H and O–H groups in total. The molecule has 1 heterocycles. The van der Waals surface area contributed by atoms with Gasteiger partial charge in [0.2, 0.25) is 0 Å². The standard InChI is InChI=1S/C11H8Cl2N2OS.C2H6/c12-8-3-1-7(2-4-8)5-14-11-15-10(13)9(6-16)17-11;1-2/h1-4,6H,5H2,(H,14,15);1-2H3. The Balaban J connectivity index is 0.000000861. The normalized spacial score (nSPS) is 9.47. The van der Waals surface area contributed by atoms with Gasteiger partial charge in [-0.05, 0) is 17.7 Å². The lowest BCUT2D eigenvalue weighted by Crippen LogP contribution is -1.98. The molecule has 0 aliphatic rings. The smallest absolute Gasteiger partial charge is 0.185 e. The van der Waals surface area contributed by atoms with Crippen molar-refractivity contribution in [2.75, 3.05) is 5.32 Å². The maximum absolute atomic E-state index is 10.6. The summed E-state index contributed by atoms with van der Waals surface area (Å²) < 4.78 is 0. The molecule has 0 aliphatic carbocycles. The minimum absolute atomic E-state index is 0.239. The third-order valence-electron chi connectivity index (χ3n) is 2.07. The van der Waals surface area contributed by atoms with Gasteiger partial charge in [0.1, 0.15) is 4.88 Å². The van der Waals surface area contributed by atoms with Crippen LogP contribution in [0.3, 0.4) is 0 Å². The molecular formula is C13H14Cl2N2OS. The van der Waals surface area contributed by atoms with Crippen LogP contribution in [0.1, 0.15) is 29.1 Å². The summed E-state index contributed by atoms with van der Waals surface area (Å²) in [7, 11) is 0. The van der Waals surface area contributed by atoms with Gasteiger partial charge in [0, 0.05) is 11.6 Å². The summed E-state index contributed by atoms with van der Waals surface area (Å²) >= 11 is 12.8. The summed E-state index contributed by atoms with van der Waals surface area (Å²) in [6.07, 6.45) is 0.702. The molecule has 0 unspecified atom stereocenters. The van der Waals surface area contributed by atoms with Crippen LogP contribution in [0.2, 0.25) is 10.2 Å². The number of halogens is 2. The lowest BCUT2D eigenvalue weighted by molar-refractivity contribution is 0.112. The Morgan fingerprint density at radius 3 is 2.42 bits per heavy atom. The van der Waals surface area contributed by atoms with Gasteiger partial charge in [0.05, 0.1) is 0 Å². The van der Waals surface area contributed by atoms with Gasteiger partial charge in [-0.1, -0.05) is 60.5 Å². The molecule has 0 spiro atoms. The molecule has 0 bridgehead atoms. The Labute approximate surface area is 126 Å². The SMILES string of the molecule is CC.O=Cc1sc(NCc2ccc(Cl)cc2)nc1Cl. The second-order valence-corrected chi connectivity index (χ2v) is 5.10. The van der Waals surface area contributed by atoms with E-state index >= 15 is 0 Å². The molecule has 1 aromatic carbocycles. The summed E-state index contributed by atoms with van der Waals surface area (Å²) in [5, 5.41) is 4.67. The molecular weight excluding hydrogens is 303 g/mol. The van der Waals surface area contributed by atoms with E-state index in [9.17, 15) is 4.79 Å². The molecule has 102 valence electrons. The monoisotopic (exact) mass is 316 g/mol. The zero-order valence-electron chi connectivity index (χ0n) is 10.6. The van der Waals surface area contributed by atoms with Gasteiger partial charge >= 0.3 is 0 Å². The van der Waals surface area contributed by atoms with Crippen LogP contribution >= 0.6 is 34.5 Å². The van der Waals surface area contributed by atoms with E-state index in [1.807, 2.05) is 38.1 Å². The van der Waals surface area contributed by atoms with Crippen LogP contribution in [0.25, 0.3) is 0 Å². The number of anilines is 1. The van der Waals surface area contributed by atoms with Crippen LogP contribution in [0.15, 0.2) is 24.3 Å². The van der Waals surface area contributed by atoms with Crippen LogP contribution in [-0.2, 0) is 6.54 Å². The first kappa shape index (κ1) is 16.0. The van der Waals surface area contributed by atoms with Crippen LogP contribution in [0, 0.1) is 0 Å². The van der Waals surface area contributed by atoms with Crippen molar-refractivity contribution >= 4 is 46.0 Å². The predicted octanol–water partition coefficient (Wildman–Crippen LogP) is 4.90. The Morgan fingerprint density at radius 2 is 1.89 bits per heavy atom. The van der Waals surface area contributed by atoms with Crippen molar-refractivity contribution in [1.29, 1.82) is 0 Å². The first-order valence-electron chi connectivity index (χ1n) is 5.79. The van der Waals surface area contributed by atoms with Crippen molar-refractivity contribution in [3.8, 4) is 0 Å². The number of hydrogen-bond acceptors (Lipinski definition) is 4. The molecule has 0 atom stereocenters. The minimum atomic E-state index is 0.239. The van der Waals surface area contributed by atoms with Gasteiger partial charge in [0.15, 0.2) is 16.6 Å². The van der Waals surface area contributed by atoms with E-state index < -0.39 is 0 Å². The number of thiazole rings is 1. The highest BCUT2D eigenvalue weighted by Crippen LogP contribution is 2.25. The van der Waals surface area contributed by atoms with E-state index in [-0.39, 0.29) is 5.15 Å². The lowest BCUT2D eigenvalue weighted by Gasteiger charge is -2.02. The van der Waals surface area contributed by atoms with Gasteiger partial charge in [-0.25, -0.2) is 4.98 Å². The third-order valence-corrected chi connectivity index (χ3v) is 3.66. The number of carbonyl (C=O) groups excluding carboxylic acids is 1. The van der Waals surface area contributed by atoms with E-state index in [2.05, 4.69) is 10.3 Å². The Kier molecular flexibility index (Phi) is 6.84. The van der Waals surface area contributed by atoms with Gasteiger partial charge < -0.3 is 5.32 Å². The van der Waals surface area contributed by atoms with Crippen LogP contribution < -0.4 is 5.32 Å². The van der Waals surface area contributed by atoms with Crippen molar-refractivity contribution in [1.82, 2.24) is 4.98 Å². The van der Waals surface area contributed by atoms with Gasteiger partial charge in [-0.3, -0.25) is 4.79 Å². The number of carbonyl (C=O) groups is 1. The molecule has 2 rings (SSSR count). The van der Waals surface area contributed by atoms with E-state index in [4.69, 9.17) is 23.2 Å². The van der Waals surface area contributed by atoms with Gasteiger partial charge in [0.25, 0.3) is 0 Å².